The van der Waals surface area contributed by atoms with Gasteiger partial charge in [-0.2, -0.15) is 0 Å². The zero-order valence-corrected chi connectivity index (χ0v) is 9.60. The number of likely N-dealkylation sites (N-methyl/N-ethyl adjacent to an activating group) is 1. The van der Waals surface area contributed by atoms with Crippen LogP contribution in [0.25, 0.3) is 0 Å². The van der Waals surface area contributed by atoms with Crippen LogP contribution in [0.15, 0.2) is 24.3 Å². The predicted molar refractivity (Wildman–Crippen MR) is 61.1 cm³/mol. The number of likely N-dealkylation sites (tertiary alicyclic amines) is 1. The number of halogens is 1. The van der Waals surface area contributed by atoms with Crippen molar-refractivity contribution in [3.8, 4) is 0 Å². The van der Waals surface area contributed by atoms with E-state index in [4.69, 9.17) is 10.5 Å². The molecule has 0 aromatic heterocycles. The molecular weight excluding hydrogens is 223 g/mol. The molecule has 1 amide bonds. The van der Waals surface area contributed by atoms with Crippen molar-refractivity contribution < 1.29 is 13.9 Å². The first-order chi connectivity index (χ1) is 8.06. The van der Waals surface area contributed by atoms with E-state index in [9.17, 15) is 9.18 Å². The maximum absolute atomic E-state index is 13.2. The largest absolute Gasteiger partial charge is 0.444 e. The molecule has 0 saturated carbocycles. The Balaban J connectivity index is 2.20. The van der Waals surface area contributed by atoms with Gasteiger partial charge in [0, 0.05) is 19.0 Å². The SMILES string of the molecule is CN1CC(OC(N)=O)C(c2cccc(F)c2)C1. The number of primary amides is 1. The molecule has 1 heterocycles. The van der Waals surface area contributed by atoms with E-state index >= 15 is 0 Å². The molecule has 0 aliphatic carbocycles. The zero-order chi connectivity index (χ0) is 12.4. The van der Waals surface area contributed by atoms with Crippen molar-refractivity contribution in [1.29, 1.82) is 0 Å². The van der Waals surface area contributed by atoms with Crippen molar-refractivity contribution in [1.82, 2.24) is 4.90 Å². The third-order valence-corrected chi connectivity index (χ3v) is 2.99. The van der Waals surface area contributed by atoms with Gasteiger partial charge in [0.25, 0.3) is 0 Å². The van der Waals surface area contributed by atoms with Gasteiger partial charge >= 0.3 is 6.09 Å². The van der Waals surface area contributed by atoms with Crippen LogP contribution in [0.4, 0.5) is 9.18 Å². The molecule has 17 heavy (non-hydrogen) atoms. The van der Waals surface area contributed by atoms with Gasteiger partial charge in [0.1, 0.15) is 11.9 Å². The Morgan fingerprint density at radius 2 is 2.29 bits per heavy atom. The van der Waals surface area contributed by atoms with Crippen molar-refractivity contribution in [2.75, 3.05) is 20.1 Å². The summed E-state index contributed by atoms with van der Waals surface area (Å²) in [7, 11) is 1.93. The van der Waals surface area contributed by atoms with Crippen LogP contribution < -0.4 is 5.73 Å². The van der Waals surface area contributed by atoms with E-state index in [1.807, 2.05) is 18.0 Å². The molecule has 0 radical (unpaired) electrons. The van der Waals surface area contributed by atoms with E-state index < -0.39 is 6.09 Å². The second-order valence-electron chi connectivity index (χ2n) is 4.36. The van der Waals surface area contributed by atoms with Crippen molar-refractivity contribution in [2.45, 2.75) is 12.0 Å². The topological polar surface area (TPSA) is 55.6 Å². The van der Waals surface area contributed by atoms with Crippen LogP contribution in [-0.4, -0.2) is 37.2 Å². The summed E-state index contributed by atoms with van der Waals surface area (Å²) in [5.41, 5.74) is 5.87. The Bertz CT molecular complexity index is 425. The van der Waals surface area contributed by atoms with Gasteiger partial charge in [-0.1, -0.05) is 12.1 Å². The molecule has 5 heteroatoms. The molecule has 0 spiro atoms. The molecule has 1 fully saturated rings. The van der Waals surface area contributed by atoms with E-state index in [1.165, 1.54) is 12.1 Å². The highest BCUT2D eigenvalue weighted by atomic mass is 19.1. The third kappa shape index (κ3) is 2.74. The van der Waals surface area contributed by atoms with Gasteiger partial charge < -0.3 is 15.4 Å². The number of rotatable bonds is 2. The minimum absolute atomic E-state index is 0.0248. The van der Waals surface area contributed by atoms with Crippen molar-refractivity contribution >= 4 is 6.09 Å². The molecule has 1 aliphatic heterocycles. The summed E-state index contributed by atoms with van der Waals surface area (Å²) in [5, 5.41) is 0. The highest BCUT2D eigenvalue weighted by Gasteiger charge is 2.34. The van der Waals surface area contributed by atoms with Crippen molar-refractivity contribution in [3.63, 3.8) is 0 Å². The molecule has 1 aromatic carbocycles. The fraction of sp³-hybridized carbons (Fsp3) is 0.417. The second-order valence-corrected chi connectivity index (χ2v) is 4.36. The molecule has 1 aliphatic rings. The van der Waals surface area contributed by atoms with Gasteiger partial charge in [0.15, 0.2) is 0 Å². The summed E-state index contributed by atoms with van der Waals surface area (Å²) in [6.07, 6.45) is -1.09. The quantitative estimate of drug-likeness (QED) is 0.845. The van der Waals surface area contributed by atoms with Gasteiger partial charge in [-0.15, -0.1) is 0 Å². The van der Waals surface area contributed by atoms with Crippen LogP contribution in [-0.2, 0) is 4.74 Å². The monoisotopic (exact) mass is 238 g/mol. The minimum Gasteiger partial charge on any atom is -0.444 e. The normalized spacial score (nSPS) is 24.8. The lowest BCUT2D eigenvalue weighted by atomic mass is 9.96. The first-order valence-corrected chi connectivity index (χ1v) is 5.46. The zero-order valence-electron chi connectivity index (χ0n) is 9.60. The van der Waals surface area contributed by atoms with Crippen LogP contribution in [0.5, 0.6) is 0 Å². The first kappa shape index (κ1) is 11.9. The van der Waals surface area contributed by atoms with Crippen LogP contribution in [0.2, 0.25) is 0 Å². The highest BCUT2D eigenvalue weighted by molar-refractivity contribution is 5.65. The summed E-state index contributed by atoms with van der Waals surface area (Å²) >= 11 is 0. The van der Waals surface area contributed by atoms with Gasteiger partial charge in [-0.3, -0.25) is 0 Å². The fourth-order valence-corrected chi connectivity index (χ4v) is 2.29. The number of carbonyl (C=O) groups excluding carboxylic acids is 1. The lowest BCUT2D eigenvalue weighted by Crippen LogP contribution is -2.28. The molecule has 1 saturated heterocycles. The lowest BCUT2D eigenvalue weighted by molar-refractivity contribution is 0.104. The van der Waals surface area contributed by atoms with Crippen molar-refractivity contribution in [2.24, 2.45) is 5.73 Å². The summed E-state index contributed by atoms with van der Waals surface area (Å²) in [6, 6.07) is 6.36. The Kier molecular flexibility index (Phi) is 3.28. The van der Waals surface area contributed by atoms with Crippen molar-refractivity contribution in [3.05, 3.63) is 35.6 Å². The smallest absolute Gasteiger partial charge is 0.404 e. The molecule has 92 valence electrons. The van der Waals surface area contributed by atoms with E-state index in [2.05, 4.69) is 0 Å². The number of amides is 1. The molecule has 1 aromatic rings. The molecular formula is C12H15FN2O2. The summed E-state index contributed by atoms with van der Waals surface area (Å²) < 4.78 is 18.2. The first-order valence-electron chi connectivity index (χ1n) is 5.46. The van der Waals surface area contributed by atoms with Gasteiger partial charge in [0.05, 0.1) is 0 Å². The number of ether oxygens (including phenoxy) is 1. The second kappa shape index (κ2) is 4.71. The average molecular weight is 238 g/mol. The molecule has 2 unspecified atom stereocenters. The summed E-state index contributed by atoms with van der Waals surface area (Å²) in [5.74, 6) is -0.307. The van der Waals surface area contributed by atoms with E-state index in [0.29, 0.717) is 6.54 Å². The number of hydrogen-bond donors (Lipinski definition) is 1. The van der Waals surface area contributed by atoms with Crippen LogP contribution in [0, 0.1) is 5.82 Å². The third-order valence-electron chi connectivity index (χ3n) is 2.99. The number of hydrogen-bond acceptors (Lipinski definition) is 3. The number of nitrogens with zero attached hydrogens (tertiary/aromatic N) is 1. The predicted octanol–water partition coefficient (Wildman–Crippen LogP) is 1.32. The van der Waals surface area contributed by atoms with Gasteiger partial charge in [-0.05, 0) is 24.7 Å². The number of carbonyl (C=O) groups is 1. The Labute approximate surface area is 99.2 Å². The summed E-state index contributed by atoms with van der Waals surface area (Å²) in [6.45, 7) is 1.34. The molecule has 2 N–H and O–H groups in total. The molecule has 0 bridgehead atoms. The van der Waals surface area contributed by atoms with Crippen LogP contribution >= 0.6 is 0 Å². The van der Waals surface area contributed by atoms with Gasteiger partial charge in [-0.25, -0.2) is 9.18 Å². The average Bonchev–Trinajstić information content (AvgIpc) is 2.58. The maximum atomic E-state index is 13.2. The number of nitrogens with two attached hydrogens (primary N) is 1. The molecule has 2 rings (SSSR count). The maximum Gasteiger partial charge on any atom is 0.404 e. The summed E-state index contributed by atoms with van der Waals surface area (Å²) in [4.78, 5) is 12.8. The number of benzene rings is 1. The lowest BCUT2D eigenvalue weighted by Gasteiger charge is -2.18. The molecule has 4 nitrogen and oxygen atoms in total. The highest BCUT2D eigenvalue weighted by Crippen LogP contribution is 2.29. The van der Waals surface area contributed by atoms with Gasteiger partial charge in [0.2, 0.25) is 0 Å². The van der Waals surface area contributed by atoms with Crippen LogP contribution in [0.1, 0.15) is 11.5 Å². The Hall–Kier alpha value is -1.62. The minimum atomic E-state index is -0.785. The van der Waals surface area contributed by atoms with Crippen LogP contribution in [0.3, 0.4) is 0 Å². The Morgan fingerprint density at radius 3 is 2.94 bits per heavy atom. The van der Waals surface area contributed by atoms with E-state index in [0.717, 1.165) is 12.1 Å². The standard InChI is InChI=1S/C12H15FN2O2/c1-15-6-10(11(7-15)17-12(14)16)8-3-2-4-9(13)5-8/h2-5,10-11H,6-7H2,1H3,(H2,14,16). The van der Waals surface area contributed by atoms with E-state index in [-0.39, 0.29) is 17.8 Å². The van der Waals surface area contributed by atoms with E-state index in [1.54, 1.807) is 6.07 Å². The fourth-order valence-electron chi connectivity index (χ4n) is 2.29. The molecule has 2 atom stereocenters. The Morgan fingerprint density at radius 1 is 1.53 bits per heavy atom.